The summed E-state index contributed by atoms with van der Waals surface area (Å²) in [6.45, 7) is 7.30. The van der Waals surface area contributed by atoms with E-state index in [2.05, 4.69) is 34.6 Å². The van der Waals surface area contributed by atoms with Gasteiger partial charge < -0.3 is 33.8 Å². The molecule has 3 N–H and O–H groups in total. The van der Waals surface area contributed by atoms with Crippen LogP contribution >= 0.6 is 15.6 Å². The first kappa shape index (κ1) is 91.1. The van der Waals surface area contributed by atoms with Gasteiger partial charge in [-0.05, 0) is 31.6 Å². The number of carbonyl (C=O) groups excluding carboxylic acids is 4. The maximum atomic E-state index is 13.1. The van der Waals surface area contributed by atoms with Gasteiger partial charge in [-0.25, -0.2) is 9.13 Å². The number of aliphatic hydroxyl groups excluding tert-OH is 1. The van der Waals surface area contributed by atoms with Gasteiger partial charge in [-0.15, -0.1) is 0 Å². The van der Waals surface area contributed by atoms with Gasteiger partial charge in [0, 0.05) is 25.7 Å². The third-order valence-electron chi connectivity index (χ3n) is 17.3. The maximum absolute atomic E-state index is 13.1. The predicted octanol–water partition coefficient (Wildman–Crippen LogP) is 21.7. The molecular weight excluding hydrogens is 1220 g/mol. The van der Waals surface area contributed by atoms with Crippen molar-refractivity contribution in [2.45, 2.75) is 406 Å². The van der Waals surface area contributed by atoms with Crippen molar-refractivity contribution in [1.29, 1.82) is 0 Å². The van der Waals surface area contributed by atoms with Gasteiger partial charge in [0.25, 0.3) is 0 Å². The van der Waals surface area contributed by atoms with Crippen molar-refractivity contribution < 1.29 is 80.2 Å². The zero-order chi connectivity index (χ0) is 68.4. The summed E-state index contributed by atoms with van der Waals surface area (Å²) in [6, 6.07) is 0. The first-order valence-electron chi connectivity index (χ1n) is 38.6. The molecule has 0 spiro atoms. The second-order valence-corrected chi connectivity index (χ2v) is 30.1. The number of hydrogen-bond donors (Lipinski definition) is 3. The number of hydrogen-bond acceptors (Lipinski definition) is 15. The lowest BCUT2D eigenvalue weighted by Gasteiger charge is -2.21. The van der Waals surface area contributed by atoms with Crippen molar-refractivity contribution in [3.8, 4) is 0 Å². The molecule has 17 nitrogen and oxygen atoms in total. The molecule has 0 radical (unpaired) electrons. The molecule has 0 aliphatic heterocycles. The summed E-state index contributed by atoms with van der Waals surface area (Å²) in [5.74, 6) is -1.32. The second kappa shape index (κ2) is 67.3. The highest BCUT2D eigenvalue weighted by Crippen LogP contribution is 2.45. The Morgan fingerprint density at radius 2 is 0.495 bits per heavy atom. The number of phosphoric acid groups is 2. The zero-order valence-corrected chi connectivity index (χ0v) is 62.2. The summed E-state index contributed by atoms with van der Waals surface area (Å²) < 4.78 is 68.4. The quantitative estimate of drug-likeness (QED) is 0.0222. The van der Waals surface area contributed by atoms with Crippen molar-refractivity contribution >= 4 is 39.5 Å². The van der Waals surface area contributed by atoms with Crippen LogP contribution in [0.5, 0.6) is 0 Å². The number of ether oxygens (including phenoxy) is 4. The van der Waals surface area contributed by atoms with Crippen LogP contribution in [0.2, 0.25) is 0 Å². The van der Waals surface area contributed by atoms with Crippen molar-refractivity contribution in [2.75, 3.05) is 39.6 Å². The Morgan fingerprint density at radius 1 is 0.290 bits per heavy atom. The Morgan fingerprint density at radius 3 is 0.731 bits per heavy atom. The molecule has 93 heavy (non-hydrogen) atoms. The highest BCUT2D eigenvalue weighted by atomic mass is 31.2. The summed E-state index contributed by atoms with van der Waals surface area (Å²) in [7, 11) is -9.90. The lowest BCUT2D eigenvalue weighted by Crippen LogP contribution is -2.30. The number of unbranched alkanes of at least 4 members (excludes halogenated alkanes) is 46. The number of carbonyl (C=O) groups is 4. The summed E-state index contributed by atoms with van der Waals surface area (Å²) in [4.78, 5) is 72.7. The van der Waals surface area contributed by atoms with Gasteiger partial charge in [-0.2, -0.15) is 0 Å². The molecule has 0 rings (SSSR count). The highest BCUT2D eigenvalue weighted by molar-refractivity contribution is 7.47. The standard InChI is InChI=1S/C74H144O17P2/c1-6-9-12-15-18-21-24-25-29-34-38-43-48-53-58-72(77)85-64-70(91-74(79)60-55-50-45-40-35-30-27-26-28-33-36-41-46-51-56-67(4)5)66-89-93(82,83)87-62-68(75)61-86-92(80,81)88-65-69(90-73(78)59-54-49-44-39-32-23-20-17-14-11-8-3)63-84-71(76)57-52-47-42-37-31-22-19-16-13-10-7-2/h67-70,75H,6-66H2,1-5H3,(H,80,81)(H,82,83)/t68-,69+,70+/m0/s1. The fourth-order valence-corrected chi connectivity index (χ4v) is 12.9. The molecule has 0 fully saturated rings. The Balaban J connectivity index is 5.24. The van der Waals surface area contributed by atoms with E-state index in [9.17, 15) is 43.2 Å². The molecule has 0 saturated carbocycles. The lowest BCUT2D eigenvalue weighted by molar-refractivity contribution is -0.161. The van der Waals surface area contributed by atoms with Crippen LogP contribution in [-0.2, 0) is 65.4 Å². The average Bonchev–Trinajstić information content (AvgIpc) is 3.55. The first-order chi connectivity index (χ1) is 45.0. The predicted molar refractivity (Wildman–Crippen MR) is 377 cm³/mol. The van der Waals surface area contributed by atoms with E-state index in [0.717, 1.165) is 95.8 Å². The zero-order valence-electron chi connectivity index (χ0n) is 60.4. The van der Waals surface area contributed by atoms with Crippen LogP contribution in [0.4, 0.5) is 0 Å². The SMILES string of the molecule is CCCCCCCCCCCCCCCCC(=O)OC[C@H](COP(=O)(O)OC[C@@H](O)COP(=O)(O)OC[C@@H](COC(=O)CCCCCCCCCCCCC)OC(=O)CCCCCCCCCCCCC)OC(=O)CCCCCCCCCCCCCCCCC(C)C. The number of phosphoric ester groups is 2. The average molecular weight is 1370 g/mol. The summed E-state index contributed by atoms with van der Waals surface area (Å²) in [5, 5.41) is 10.6. The molecule has 2 unspecified atom stereocenters. The lowest BCUT2D eigenvalue weighted by atomic mass is 10.0. The summed E-state index contributed by atoms with van der Waals surface area (Å²) in [6.07, 6.45) is 55.3. The van der Waals surface area contributed by atoms with Crippen molar-refractivity contribution in [2.24, 2.45) is 5.92 Å². The van der Waals surface area contributed by atoms with Crippen LogP contribution in [0, 0.1) is 5.92 Å². The Hall–Kier alpha value is -1.94. The Kier molecular flexibility index (Phi) is 65.9. The van der Waals surface area contributed by atoms with E-state index in [1.807, 2.05) is 0 Å². The number of aliphatic hydroxyl groups is 1. The van der Waals surface area contributed by atoms with Gasteiger partial charge in [0.2, 0.25) is 0 Å². The van der Waals surface area contributed by atoms with Gasteiger partial charge in [0.15, 0.2) is 12.2 Å². The van der Waals surface area contributed by atoms with Gasteiger partial charge in [0.05, 0.1) is 26.4 Å². The minimum Gasteiger partial charge on any atom is -0.462 e. The van der Waals surface area contributed by atoms with Crippen molar-refractivity contribution in [1.82, 2.24) is 0 Å². The van der Waals surface area contributed by atoms with E-state index in [1.165, 1.54) is 212 Å². The van der Waals surface area contributed by atoms with Crippen molar-refractivity contribution in [3.63, 3.8) is 0 Å². The molecule has 0 aromatic carbocycles. The molecule has 0 heterocycles. The maximum Gasteiger partial charge on any atom is 0.472 e. The molecule has 5 atom stereocenters. The van der Waals surface area contributed by atoms with Crippen LogP contribution in [0.25, 0.3) is 0 Å². The second-order valence-electron chi connectivity index (χ2n) is 27.2. The minimum absolute atomic E-state index is 0.107. The molecular formula is C74H144O17P2. The molecule has 0 amide bonds. The van der Waals surface area contributed by atoms with Gasteiger partial charge >= 0.3 is 39.5 Å². The smallest absolute Gasteiger partial charge is 0.462 e. The van der Waals surface area contributed by atoms with Crippen molar-refractivity contribution in [3.05, 3.63) is 0 Å². The van der Waals surface area contributed by atoms with E-state index < -0.39 is 97.5 Å². The minimum atomic E-state index is -4.95. The van der Waals surface area contributed by atoms with Crippen LogP contribution in [0.15, 0.2) is 0 Å². The monoisotopic (exact) mass is 1370 g/mol. The fourth-order valence-electron chi connectivity index (χ4n) is 11.4. The third-order valence-corrected chi connectivity index (χ3v) is 19.2. The molecule has 0 aromatic heterocycles. The van der Waals surface area contributed by atoms with Crippen LogP contribution < -0.4 is 0 Å². The van der Waals surface area contributed by atoms with Crippen LogP contribution in [-0.4, -0.2) is 96.7 Å². The van der Waals surface area contributed by atoms with Gasteiger partial charge in [0.1, 0.15) is 19.3 Å². The molecule has 0 saturated heterocycles. The number of esters is 4. The first-order valence-corrected chi connectivity index (χ1v) is 41.6. The van der Waals surface area contributed by atoms with E-state index in [-0.39, 0.29) is 25.7 Å². The molecule has 0 aliphatic carbocycles. The van der Waals surface area contributed by atoms with E-state index in [0.29, 0.717) is 25.7 Å². The topological polar surface area (TPSA) is 237 Å². The van der Waals surface area contributed by atoms with Crippen LogP contribution in [0.3, 0.4) is 0 Å². The Bertz CT molecular complexity index is 1790. The van der Waals surface area contributed by atoms with Gasteiger partial charge in [-0.3, -0.25) is 37.3 Å². The van der Waals surface area contributed by atoms with Gasteiger partial charge in [-0.1, -0.05) is 336 Å². The normalized spacial score (nSPS) is 14.0. The summed E-state index contributed by atoms with van der Waals surface area (Å²) in [5.41, 5.74) is 0. The third kappa shape index (κ3) is 68.4. The highest BCUT2D eigenvalue weighted by Gasteiger charge is 2.30. The van der Waals surface area contributed by atoms with E-state index in [4.69, 9.17) is 37.0 Å². The Labute approximate surface area is 568 Å². The molecule has 0 bridgehead atoms. The molecule has 0 aliphatic rings. The molecule has 552 valence electrons. The van der Waals surface area contributed by atoms with E-state index in [1.54, 1.807) is 0 Å². The molecule has 19 heteroatoms. The largest absolute Gasteiger partial charge is 0.472 e. The fraction of sp³-hybridized carbons (Fsp3) is 0.946. The number of rotatable bonds is 74. The summed E-state index contributed by atoms with van der Waals surface area (Å²) >= 11 is 0. The van der Waals surface area contributed by atoms with E-state index >= 15 is 0 Å². The van der Waals surface area contributed by atoms with Crippen LogP contribution in [0.1, 0.15) is 388 Å². The molecule has 0 aromatic rings.